The third kappa shape index (κ3) is 1.43. The first-order valence-electron chi connectivity index (χ1n) is 7.00. The molecule has 0 saturated carbocycles. The lowest BCUT2D eigenvalue weighted by molar-refractivity contribution is 0.0963. The number of benzene rings is 2. The number of carbonyl (C=O) groups excluding carboxylic acids is 2. The molecule has 1 unspecified atom stereocenters. The van der Waals surface area contributed by atoms with E-state index in [0.717, 1.165) is 6.07 Å². The summed E-state index contributed by atoms with van der Waals surface area (Å²) in [6, 6.07) is 1.16. The third-order valence-corrected chi connectivity index (χ3v) is 5.54. The Labute approximate surface area is 138 Å². The predicted octanol–water partition coefficient (Wildman–Crippen LogP) is 2.16. The van der Waals surface area contributed by atoms with E-state index in [1.54, 1.807) is 0 Å². The van der Waals surface area contributed by atoms with Crippen LogP contribution in [-0.2, 0) is 4.57 Å². The van der Waals surface area contributed by atoms with Gasteiger partial charge in [-0.1, -0.05) is 0 Å². The fourth-order valence-corrected chi connectivity index (χ4v) is 4.65. The second-order valence-electron chi connectivity index (χ2n) is 5.78. The lowest BCUT2D eigenvalue weighted by Crippen LogP contribution is -2.28. The van der Waals surface area contributed by atoms with E-state index in [0.29, 0.717) is 0 Å². The minimum Gasteiger partial charge on any atom is -0.507 e. The molecule has 2 heterocycles. The summed E-state index contributed by atoms with van der Waals surface area (Å²) in [6.07, 6.45) is 0. The van der Waals surface area contributed by atoms with Crippen molar-refractivity contribution in [2.24, 2.45) is 0 Å². The molecule has 9 nitrogen and oxygen atoms in total. The highest BCUT2D eigenvalue weighted by Gasteiger charge is 2.52. The molecule has 3 aliphatic rings. The number of phenolic OH excluding ortho intramolecular Hbond substituents is 3. The van der Waals surface area contributed by atoms with Crippen LogP contribution in [0.2, 0.25) is 0 Å². The topological polar surface area (TPSA) is 140 Å². The maximum absolute atomic E-state index is 13.0. The first kappa shape index (κ1) is 14.2. The molecule has 5 rings (SSSR count). The molecular formula is C15H7O9P. The van der Waals surface area contributed by atoms with Crippen LogP contribution in [0.3, 0.4) is 0 Å². The van der Waals surface area contributed by atoms with Gasteiger partial charge in [-0.15, -0.1) is 0 Å². The van der Waals surface area contributed by atoms with Gasteiger partial charge in [-0.3, -0.25) is 9.59 Å². The van der Waals surface area contributed by atoms with E-state index in [4.69, 9.17) is 13.6 Å². The molecule has 0 amide bonds. The van der Waals surface area contributed by atoms with Gasteiger partial charge in [-0.05, 0) is 18.6 Å². The molecule has 10 heteroatoms. The van der Waals surface area contributed by atoms with Crippen molar-refractivity contribution in [3.8, 4) is 34.5 Å². The van der Waals surface area contributed by atoms with Gasteiger partial charge >= 0.3 is 7.82 Å². The number of phenols is 3. The smallest absolute Gasteiger partial charge is 0.507 e. The number of phosphoric ester groups is 1. The highest BCUT2D eigenvalue weighted by Crippen LogP contribution is 2.67. The van der Waals surface area contributed by atoms with Crippen molar-refractivity contribution in [2.45, 2.75) is 6.92 Å². The van der Waals surface area contributed by atoms with Gasteiger partial charge in [0.05, 0.1) is 22.3 Å². The standard InChI is InChI=1S/C15H7O9P/c1-3-2-4(16)5-7-10(18)8-6(9(5)17)11(19)15-12(20)14(8)23-25(21,24-15)22-13(3)7/h2,16,19-20H,1H3. The predicted molar refractivity (Wildman–Crippen MR) is 79.0 cm³/mol. The summed E-state index contributed by atoms with van der Waals surface area (Å²) in [6.45, 7) is 1.47. The van der Waals surface area contributed by atoms with Gasteiger partial charge in [0, 0.05) is 0 Å². The molecule has 3 N–H and O–H groups in total. The third-order valence-electron chi connectivity index (χ3n) is 4.32. The normalized spacial score (nSPS) is 21.3. The van der Waals surface area contributed by atoms with Crippen LogP contribution in [0.15, 0.2) is 6.07 Å². The molecule has 2 aromatic carbocycles. The van der Waals surface area contributed by atoms with Crippen LogP contribution in [0.25, 0.3) is 0 Å². The van der Waals surface area contributed by atoms with Crippen LogP contribution in [0.1, 0.15) is 37.4 Å². The van der Waals surface area contributed by atoms with Gasteiger partial charge in [0.2, 0.25) is 23.1 Å². The van der Waals surface area contributed by atoms with Gasteiger partial charge in [0.1, 0.15) is 11.5 Å². The van der Waals surface area contributed by atoms with E-state index in [1.807, 2.05) is 0 Å². The van der Waals surface area contributed by atoms with Crippen LogP contribution in [0.5, 0.6) is 34.5 Å². The summed E-state index contributed by atoms with van der Waals surface area (Å²) in [5, 5.41) is 30.6. The summed E-state index contributed by atoms with van der Waals surface area (Å²) in [4.78, 5) is 25.8. The second kappa shape index (κ2) is 3.89. The van der Waals surface area contributed by atoms with Crippen molar-refractivity contribution in [3.05, 3.63) is 33.9 Å². The van der Waals surface area contributed by atoms with E-state index in [9.17, 15) is 29.5 Å². The molecule has 2 aromatic rings. The maximum atomic E-state index is 13.0. The van der Waals surface area contributed by atoms with Crippen molar-refractivity contribution in [3.63, 3.8) is 0 Å². The Bertz CT molecular complexity index is 1130. The number of hydrogen-bond acceptors (Lipinski definition) is 9. The Morgan fingerprint density at radius 1 is 0.800 bits per heavy atom. The summed E-state index contributed by atoms with van der Waals surface area (Å²) >= 11 is 0. The fraction of sp³-hybridized carbons (Fsp3) is 0.0667. The van der Waals surface area contributed by atoms with Gasteiger partial charge in [-0.2, -0.15) is 4.57 Å². The summed E-state index contributed by atoms with van der Waals surface area (Å²) in [5.41, 5.74) is -1.43. The molecule has 0 fully saturated rings. The van der Waals surface area contributed by atoms with E-state index in [2.05, 4.69) is 0 Å². The van der Waals surface area contributed by atoms with Crippen molar-refractivity contribution in [2.75, 3.05) is 0 Å². The van der Waals surface area contributed by atoms with Crippen LogP contribution < -0.4 is 13.6 Å². The highest BCUT2D eigenvalue weighted by atomic mass is 31.2. The zero-order valence-electron chi connectivity index (χ0n) is 12.3. The average molecular weight is 362 g/mol. The fourth-order valence-electron chi connectivity index (χ4n) is 3.28. The Morgan fingerprint density at radius 3 is 2.08 bits per heavy atom. The number of ketones is 2. The van der Waals surface area contributed by atoms with Gasteiger partial charge < -0.3 is 28.9 Å². The second-order valence-corrected chi connectivity index (χ2v) is 7.22. The SMILES string of the molecule is Cc1cc(O)c2c3c1OP1(=O)Oc4c(O)c(c(c(c4O)C2=O)C3=O)O1. The summed E-state index contributed by atoms with van der Waals surface area (Å²) < 4.78 is 28.1. The summed E-state index contributed by atoms with van der Waals surface area (Å²) in [7, 11) is -4.39. The zero-order chi connectivity index (χ0) is 17.8. The van der Waals surface area contributed by atoms with Crippen LogP contribution in [-0.4, -0.2) is 26.9 Å². The van der Waals surface area contributed by atoms with Crippen LogP contribution in [0.4, 0.5) is 0 Å². The summed E-state index contributed by atoms with van der Waals surface area (Å²) in [5.74, 6) is -5.31. The van der Waals surface area contributed by atoms with Crippen LogP contribution in [0, 0.1) is 6.92 Å². The Hall–Kier alpha value is -3.19. The molecule has 25 heavy (non-hydrogen) atoms. The average Bonchev–Trinajstić information content (AvgIpc) is 2.52. The Morgan fingerprint density at radius 2 is 1.36 bits per heavy atom. The van der Waals surface area contributed by atoms with Gasteiger partial charge in [0.15, 0.2) is 11.5 Å². The molecule has 2 aliphatic heterocycles. The van der Waals surface area contributed by atoms with Crippen molar-refractivity contribution < 1.29 is 43.0 Å². The Balaban J connectivity index is 2.08. The quantitative estimate of drug-likeness (QED) is 0.513. The van der Waals surface area contributed by atoms with Crippen molar-refractivity contribution in [1.29, 1.82) is 0 Å². The van der Waals surface area contributed by atoms with E-state index < -0.39 is 59.3 Å². The molecule has 5 bridgehead atoms. The molecule has 1 atom stereocenters. The number of aromatic hydroxyl groups is 3. The van der Waals surface area contributed by atoms with Gasteiger partial charge in [-0.25, -0.2) is 0 Å². The van der Waals surface area contributed by atoms with Gasteiger partial charge in [0.25, 0.3) is 0 Å². The monoisotopic (exact) mass is 362 g/mol. The zero-order valence-corrected chi connectivity index (χ0v) is 13.2. The van der Waals surface area contributed by atoms with Crippen molar-refractivity contribution in [1.82, 2.24) is 0 Å². The van der Waals surface area contributed by atoms with E-state index >= 15 is 0 Å². The molecule has 126 valence electrons. The maximum Gasteiger partial charge on any atom is 0.647 e. The molecular weight excluding hydrogens is 355 g/mol. The highest BCUT2D eigenvalue weighted by molar-refractivity contribution is 7.50. The molecule has 0 saturated heterocycles. The minimum atomic E-state index is -4.39. The minimum absolute atomic E-state index is 0.222. The number of carbonyl (C=O) groups is 2. The molecule has 0 spiro atoms. The van der Waals surface area contributed by atoms with Crippen LogP contribution >= 0.6 is 7.82 Å². The number of fused-ring (bicyclic) bond motifs is 2. The lowest BCUT2D eigenvalue weighted by Gasteiger charge is -2.33. The molecule has 1 aliphatic carbocycles. The van der Waals surface area contributed by atoms with E-state index in [1.165, 1.54) is 6.92 Å². The van der Waals surface area contributed by atoms with Crippen molar-refractivity contribution >= 4 is 19.4 Å². The first-order valence-corrected chi connectivity index (χ1v) is 8.46. The first-order chi connectivity index (χ1) is 11.7. The number of rotatable bonds is 0. The number of hydrogen-bond donors (Lipinski definition) is 3. The number of phosphoric acid groups is 1. The molecule has 0 radical (unpaired) electrons. The number of aryl methyl sites for hydroxylation is 1. The molecule has 0 aromatic heterocycles. The largest absolute Gasteiger partial charge is 0.647 e. The lowest BCUT2D eigenvalue weighted by atomic mass is 9.81. The van der Waals surface area contributed by atoms with E-state index in [-0.39, 0.29) is 22.4 Å². The Kier molecular flexibility index (Phi) is 2.21.